The van der Waals surface area contributed by atoms with E-state index in [9.17, 15) is 4.39 Å². The number of halogens is 1. The van der Waals surface area contributed by atoms with Crippen LogP contribution in [-0.4, -0.2) is 15.0 Å². The van der Waals surface area contributed by atoms with Crippen LogP contribution in [0.1, 0.15) is 29.3 Å². The first-order valence-electron chi connectivity index (χ1n) is 9.73. The molecule has 0 atom stereocenters. The molecule has 0 amide bonds. The lowest BCUT2D eigenvalue weighted by Crippen LogP contribution is -1.98. The van der Waals surface area contributed by atoms with E-state index in [4.69, 9.17) is 0 Å². The van der Waals surface area contributed by atoms with E-state index in [1.165, 1.54) is 17.2 Å². The zero-order chi connectivity index (χ0) is 20.2. The SMILES string of the molecule is CCc1cnc(C)cc1Cc1cncc(-c2ccnc(-c3ccccc3F)c2)c1. The third-order valence-corrected chi connectivity index (χ3v) is 5.03. The third-order valence-electron chi connectivity index (χ3n) is 5.03. The van der Waals surface area contributed by atoms with Gasteiger partial charge in [-0.15, -0.1) is 0 Å². The van der Waals surface area contributed by atoms with Crippen LogP contribution in [0.25, 0.3) is 22.4 Å². The molecule has 0 aliphatic rings. The predicted octanol–water partition coefficient (Wildman–Crippen LogP) is 5.81. The highest BCUT2D eigenvalue weighted by Gasteiger charge is 2.09. The quantitative estimate of drug-likeness (QED) is 0.437. The maximum Gasteiger partial charge on any atom is 0.132 e. The van der Waals surface area contributed by atoms with Crippen LogP contribution in [0, 0.1) is 12.7 Å². The van der Waals surface area contributed by atoms with Gasteiger partial charge in [0.2, 0.25) is 0 Å². The van der Waals surface area contributed by atoms with E-state index in [1.807, 2.05) is 43.7 Å². The summed E-state index contributed by atoms with van der Waals surface area (Å²) in [7, 11) is 0. The van der Waals surface area contributed by atoms with Gasteiger partial charge in [0.25, 0.3) is 0 Å². The Morgan fingerprint density at radius 3 is 2.55 bits per heavy atom. The van der Waals surface area contributed by atoms with Crippen molar-refractivity contribution in [1.82, 2.24) is 15.0 Å². The summed E-state index contributed by atoms with van der Waals surface area (Å²) in [6.45, 7) is 4.16. The summed E-state index contributed by atoms with van der Waals surface area (Å²) in [6.07, 6.45) is 9.17. The Labute approximate surface area is 170 Å². The van der Waals surface area contributed by atoms with Crippen molar-refractivity contribution < 1.29 is 4.39 Å². The summed E-state index contributed by atoms with van der Waals surface area (Å²) in [4.78, 5) is 13.2. The monoisotopic (exact) mass is 383 g/mol. The summed E-state index contributed by atoms with van der Waals surface area (Å²) in [5, 5.41) is 0. The molecule has 4 rings (SSSR count). The highest BCUT2D eigenvalue weighted by atomic mass is 19.1. The number of rotatable bonds is 5. The van der Waals surface area contributed by atoms with Crippen LogP contribution < -0.4 is 0 Å². The minimum Gasteiger partial charge on any atom is -0.264 e. The molecule has 0 saturated carbocycles. The number of aryl methyl sites for hydroxylation is 2. The topological polar surface area (TPSA) is 38.7 Å². The first-order chi connectivity index (χ1) is 14.1. The average molecular weight is 383 g/mol. The van der Waals surface area contributed by atoms with Gasteiger partial charge in [-0.3, -0.25) is 15.0 Å². The molecule has 0 spiro atoms. The van der Waals surface area contributed by atoms with Crippen molar-refractivity contribution in [3.05, 3.63) is 102 Å². The summed E-state index contributed by atoms with van der Waals surface area (Å²) in [5.74, 6) is -0.274. The maximum absolute atomic E-state index is 14.2. The summed E-state index contributed by atoms with van der Waals surface area (Å²) in [5.41, 5.74) is 7.76. The molecular weight excluding hydrogens is 361 g/mol. The molecular formula is C25H22FN3. The van der Waals surface area contributed by atoms with Crippen molar-refractivity contribution in [1.29, 1.82) is 0 Å². The Balaban J connectivity index is 1.67. The number of aromatic nitrogens is 3. The van der Waals surface area contributed by atoms with Gasteiger partial charge >= 0.3 is 0 Å². The maximum atomic E-state index is 14.2. The van der Waals surface area contributed by atoms with Gasteiger partial charge in [0, 0.05) is 41.6 Å². The van der Waals surface area contributed by atoms with E-state index in [0.717, 1.165) is 35.2 Å². The second-order valence-corrected chi connectivity index (χ2v) is 7.12. The van der Waals surface area contributed by atoms with E-state index in [-0.39, 0.29) is 5.82 Å². The fourth-order valence-corrected chi connectivity index (χ4v) is 3.52. The van der Waals surface area contributed by atoms with Crippen molar-refractivity contribution >= 4 is 0 Å². The van der Waals surface area contributed by atoms with Crippen LogP contribution in [-0.2, 0) is 12.8 Å². The Morgan fingerprint density at radius 1 is 0.862 bits per heavy atom. The molecule has 4 aromatic rings. The predicted molar refractivity (Wildman–Crippen MR) is 114 cm³/mol. The molecule has 0 unspecified atom stereocenters. The third kappa shape index (κ3) is 4.21. The van der Waals surface area contributed by atoms with Gasteiger partial charge in [-0.2, -0.15) is 0 Å². The van der Waals surface area contributed by atoms with Gasteiger partial charge in [0.15, 0.2) is 0 Å². The van der Waals surface area contributed by atoms with Gasteiger partial charge in [-0.05, 0) is 78.4 Å². The Morgan fingerprint density at radius 2 is 1.72 bits per heavy atom. The van der Waals surface area contributed by atoms with Crippen molar-refractivity contribution in [2.45, 2.75) is 26.7 Å². The lowest BCUT2D eigenvalue weighted by molar-refractivity contribution is 0.631. The van der Waals surface area contributed by atoms with Crippen molar-refractivity contribution in [2.24, 2.45) is 0 Å². The van der Waals surface area contributed by atoms with E-state index in [1.54, 1.807) is 18.3 Å². The van der Waals surface area contributed by atoms with Crippen molar-refractivity contribution in [3.8, 4) is 22.4 Å². The molecule has 0 radical (unpaired) electrons. The van der Waals surface area contributed by atoms with Gasteiger partial charge < -0.3 is 0 Å². The highest BCUT2D eigenvalue weighted by Crippen LogP contribution is 2.27. The van der Waals surface area contributed by atoms with Crippen LogP contribution in [0.15, 0.2) is 73.3 Å². The van der Waals surface area contributed by atoms with E-state index in [2.05, 4.69) is 34.0 Å². The summed E-state index contributed by atoms with van der Waals surface area (Å²) in [6, 6.07) is 14.8. The van der Waals surface area contributed by atoms with E-state index >= 15 is 0 Å². The number of hydrogen-bond acceptors (Lipinski definition) is 3. The molecule has 3 aromatic heterocycles. The van der Waals surface area contributed by atoms with E-state index < -0.39 is 0 Å². The average Bonchev–Trinajstić information content (AvgIpc) is 2.75. The molecule has 1 aromatic carbocycles. The minimum atomic E-state index is -0.274. The molecule has 0 fully saturated rings. The number of benzene rings is 1. The van der Waals surface area contributed by atoms with Crippen LogP contribution >= 0.6 is 0 Å². The Kier molecular flexibility index (Phi) is 5.43. The van der Waals surface area contributed by atoms with Gasteiger partial charge in [-0.1, -0.05) is 19.1 Å². The first-order valence-corrected chi connectivity index (χ1v) is 9.73. The molecule has 0 saturated heterocycles. The fraction of sp³-hybridized carbons (Fsp3) is 0.160. The van der Waals surface area contributed by atoms with Gasteiger partial charge in [-0.25, -0.2) is 4.39 Å². The molecule has 144 valence electrons. The van der Waals surface area contributed by atoms with E-state index in [0.29, 0.717) is 11.3 Å². The van der Waals surface area contributed by atoms with Crippen LogP contribution in [0.5, 0.6) is 0 Å². The number of nitrogens with zero attached hydrogens (tertiary/aromatic N) is 3. The lowest BCUT2D eigenvalue weighted by atomic mass is 9.98. The second kappa shape index (κ2) is 8.31. The standard InChI is InChI=1S/C25H22FN3/c1-3-19-16-29-17(2)10-21(19)11-18-12-22(15-27-14-18)20-8-9-28-25(13-20)23-6-4-5-7-24(23)26/h4-10,12-16H,3,11H2,1-2H3. The van der Waals surface area contributed by atoms with Crippen LogP contribution in [0.3, 0.4) is 0 Å². The molecule has 0 N–H and O–H groups in total. The van der Waals surface area contributed by atoms with Crippen molar-refractivity contribution in [2.75, 3.05) is 0 Å². The molecule has 0 bridgehead atoms. The smallest absolute Gasteiger partial charge is 0.132 e. The van der Waals surface area contributed by atoms with Gasteiger partial charge in [0.05, 0.1) is 5.69 Å². The molecule has 0 aliphatic carbocycles. The van der Waals surface area contributed by atoms with Crippen LogP contribution in [0.2, 0.25) is 0 Å². The zero-order valence-electron chi connectivity index (χ0n) is 16.6. The largest absolute Gasteiger partial charge is 0.264 e. The lowest BCUT2D eigenvalue weighted by Gasteiger charge is -2.10. The highest BCUT2D eigenvalue weighted by molar-refractivity contribution is 5.70. The fourth-order valence-electron chi connectivity index (χ4n) is 3.52. The molecule has 29 heavy (non-hydrogen) atoms. The zero-order valence-corrected chi connectivity index (χ0v) is 16.6. The first kappa shape index (κ1) is 18.9. The van der Waals surface area contributed by atoms with Crippen LogP contribution in [0.4, 0.5) is 4.39 Å². The minimum absolute atomic E-state index is 0.274. The summed E-state index contributed by atoms with van der Waals surface area (Å²) >= 11 is 0. The normalized spacial score (nSPS) is 10.9. The second-order valence-electron chi connectivity index (χ2n) is 7.12. The molecule has 3 nitrogen and oxygen atoms in total. The van der Waals surface area contributed by atoms with Gasteiger partial charge in [0.1, 0.15) is 5.82 Å². The molecule has 4 heteroatoms. The number of pyridine rings is 3. The Hall–Kier alpha value is -3.40. The summed E-state index contributed by atoms with van der Waals surface area (Å²) < 4.78 is 14.2. The molecule has 0 aliphatic heterocycles. The molecule has 3 heterocycles. The van der Waals surface area contributed by atoms with Crippen molar-refractivity contribution in [3.63, 3.8) is 0 Å². The number of hydrogen-bond donors (Lipinski definition) is 0. The Bertz CT molecular complexity index is 1150.